The van der Waals surface area contributed by atoms with Gasteiger partial charge in [0.2, 0.25) is 5.91 Å². The highest BCUT2D eigenvalue weighted by atomic mass is 16.5. The maximum Gasteiger partial charge on any atom is 0.251 e. The molecule has 0 saturated carbocycles. The van der Waals surface area contributed by atoms with E-state index in [1.54, 1.807) is 0 Å². The summed E-state index contributed by atoms with van der Waals surface area (Å²) < 4.78 is 5.83. The van der Waals surface area contributed by atoms with Gasteiger partial charge >= 0.3 is 0 Å². The van der Waals surface area contributed by atoms with Gasteiger partial charge in [-0.3, -0.25) is 9.59 Å². The van der Waals surface area contributed by atoms with E-state index in [2.05, 4.69) is 26.1 Å². The molecule has 2 amide bonds. The SMILES string of the molecule is CC(C)(C)c1ccc(C(=O)NCCCC(=O)N2CCOC(c3ccccc3)C2)cc1. The molecule has 0 aromatic heterocycles. The Morgan fingerprint density at radius 1 is 1.07 bits per heavy atom. The van der Waals surface area contributed by atoms with Gasteiger partial charge in [0.1, 0.15) is 6.10 Å². The molecule has 1 saturated heterocycles. The van der Waals surface area contributed by atoms with Gasteiger partial charge in [-0.05, 0) is 35.1 Å². The number of carbonyl (C=O) groups is 2. The molecule has 5 nitrogen and oxygen atoms in total. The van der Waals surface area contributed by atoms with E-state index in [-0.39, 0.29) is 23.3 Å². The van der Waals surface area contributed by atoms with Crippen LogP contribution in [0.4, 0.5) is 0 Å². The van der Waals surface area contributed by atoms with Crippen LogP contribution in [0.1, 0.15) is 61.2 Å². The standard InChI is InChI=1S/C25H32N2O3/c1-25(2,3)21-13-11-20(12-14-21)24(29)26-15-7-10-23(28)27-16-17-30-22(18-27)19-8-5-4-6-9-19/h4-6,8-9,11-14,22H,7,10,15-18H2,1-3H3,(H,26,29). The molecule has 1 N–H and O–H groups in total. The minimum Gasteiger partial charge on any atom is -0.370 e. The van der Waals surface area contributed by atoms with Crippen LogP contribution in [0, 0.1) is 0 Å². The number of hydrogen-bond donors (Lipinski definition) is 1. The molecule has 0 aliphatic carbocycles. The normalized spacial score (nSPS) is 16.9. The molecule has 1 aliphatic rings. The van der Waals surface area contributed by atoms with Crippen molar-refractivity contribution in [2.75, 3.05) is 26.2 Å². The van der Waals surface area contributed by atoms with Gasteiger partial charge in [-0.15, -0.1) is 0 Å². The lowest BCUT2D eigenvalue weighted by Crippen LogP contribution is -2.42. The van der Waals surface area contributed by atoms with Crippen LogP contribution in [0.15, 0.2) is 54.6 Å². The van der Waals surface area contributed by atoms with E-state index < -0.39 is 0 Å². The Bertz CT molecular complexity index is 841. The maximum absolute atomic E-state index is 12.6. The van der Waals surface area contributed by atoms with Crippen LogP contribution in [-0.4, -0.2) is 43.0 Å². The van der Waals surface area contributed by atoms with Gasteiger partial charge in [0.05, 0.1) is 13.2 Å². The monoisotopic (exact) mass is 408 g/mol. The summed E-state index contributed by atoms with van der Waals surface area (Å²) in [4.78, 5) is 26.8. The van der Waals surface area contributed by atoms with Crippen molar-refractivity contribution in [2.45, 2.75) is 45.1 Å². The second-order valence-corrected chi connectivity index (χ2v) is 8.80. The van der Waals surface area contributed by atoms with E-state index in [1.807, 2.05) is 59.5 Å². The largest absolute Gasteiger partial charge is 0.370 e. The fourth-order valence-corrected chi connectivity index (χ4v) is 3.57. The smallest absolute Gasteiger partial charge is 0.251 e. The summed E-state index contributed by atoms with van der Waals surface area (Å²) >= 11 is 0. The van der Waals surface area contributed by atoms with Gasteiger partial charge in [-0.2, -0.15) is 0 Å². The zero-order valence-electron chi connectivity index (χ0n) is 18.2. The number of morpholine rings is 1. The molecule has 1 atom stereocenters. The van der Waals surface area contributed by atoms with E-state index in [9.17, 15) is 9.59 Å². The van der Waals surface area contributed by atoms with Crippen molar-refractivity contribution < 1.29 is 14.3 Å². The third-order valence-electron chi connectivity index (χ3n) is 5.46. The summed E-state index contributed by atoms with van der Waals surface area (Å²) in [5.41, 5.74) is 3.01. The fraction of sp³-hybridized carbons (Fsp3) is 0.440. The summed E-state index contributed by atoms with van der Waals surface area (Å²) in [6.45, 7) is 8.68. The predicted molar refractivity (Wildman–Crippen MR) is 118 cm³/mol. The fourth-order valence-electron chi connectivity index (χ4n) is 3.57. The molecule has 3 rings (SSSR count). The van der Waals surface area contributed by atoms with Crippen molar-refractivity contribution in [3.63, 3.8) is 0 Å². The second-order valence-electron chi connectivity index (χ2n) is 8.80. The molecule has 5 heteroatoms. The number of benzene rings is 2. The first-order valence-electron chi connectivity index (χ1n) is 10.7. The van der Waals surface area contributed by atoms with Crippen molar-refractivity contribution in [1.29, 1.82) is 0 Å². The van der Waals surface area contributed by atoms with Crippen LogP contribution in [0.3, 0.4) is 0 Å². The molecule has 0 spiro atoms. The number of nitrogens with zero attached hydrogens (tertiary/aromatic N) is 1. The lowest BCUT2D eigenvalue weighted by molar-refractivity contribution is -0.139. The minimum absolute atomic E-state index is 0.0639. The Morgan fingerprint density at radius 3 is 2.43 bits per heavy atom. The summed E-state index contributed by atoms with van der Waals surface area (Å²) in [5.74, 6) is 0.0152. The number of ether oxygens (including phenoxy) is 1. The zero-order chi connectivity index (χ0) is 21.6. The summed E-state index contributed by atoms with van der Waals surface area (Å²) in [5, 5.41) is 2.92. The molecular weight excluding hydrogens is 376 g/mol. The molecule has 2 aromatic carbocycles. The van der Waals surface area contributed by atoms with Crippen molar-refractivity contribution in [3.8, 4) is 0 Å². The van der Waals surface area contributed by atoms with Crippen molar-refractivity contribution >= 4 is 11.8 Å². The lowest BCUT2D eigenvalue weighted by atomic mass is 9.87. The van der Waals surface area contributed by atoms with E-state index >= 15 is 0 Å². The van der Waals surface area contributed by atoms with Crippen molar-refractivity contribution in [3.05, 3.63) is 71.3 Å². The number of carbonyl (C=O) groups excluding carboxylic acids is 2. The van der Waals surface area contributed by atoms with Crippen molar-refractivity contribution in [2.24, 2.45) is 0 Å². The van der Waals surface area contributed by atoms with Crippen LogP contribution >= 0.6 is 0 Å². The van der Waals surface area contributed by atoms with E-state index in [0.717, 1.165) is 5.56 Å². The van der Waals surface area contributed by atoms with E-state index in [1.165, 1.54) is 5.56 Å². The van der Waals surface area contributed by atoms with Crippen molar-refractivity contribution in [1.82, 2.24) is 10.2 Å². The summed E-state index contributed by atoms with van der Waals surface area (Å²) in [6.07, 6.45) is 0.975. The molecular formula is C25H32N2O3. The second kappa shape index (κ2) is 9.90. The number of amides is 2. The topological polar surface area (TPSA) is 58.6 Å². The van der Waals surface area contributed by atoms with Gasteiger partial charge in [-0.25, -0.2) is 0 Å². The summed E-state index contributed by atoms with van der Waals surface area (Å²) in [7, 11) is 0. The minimum atomic E-state index is -0.0987. The molecule has 0 bridgehead atoms. The Hall–Kier alpha value is -2.66. The molecule has 1 aliphatic heterocycles. The van der Waals surface area contributed by atoms with Crippen LogP contribution in [0.2, 0.25) is 0 Å². The molecule has 0 radical (unpaired) electrons. The average Bonchev–Trinajstić information content (AvgIpc) is 2.76. The number of rotatable bonds is 6. The molecule has 1 unspecified atom stereocenters. The van der Waals surface area contributed by atoms with E-state index in [0.29, 0.717) is 44.6 Å². The number of hydrogen-bond acceptors (Lipinski definition) is 3. The average molecular weight is 409 g/mol. The first-order chi connectivity index (χ1) is 14.3. The zero-order valence-corrected chi connectivity index (χ0v) is 18.2. The molecule has 1 fully saturated rings. The highest BCUT2D eigenvalue weighted by Crippen LogP contribution is 2.23. The van der Waals surface area contributed by atoms with E-state index in [4.69, 9.17) is 4.74 Å². The Labute approximate surface area is 179 Å². The van der Waals surface area contributed by atoms with Crippen LogP contribution in [0.25, 0.3) is 0 Å². The molecule has 160 valence electrons. The summed E-state index contributed by atoms with van der Waals surface area (Å²) in [6, 6.07) is 17.7. The van der Waals surface area contributed by atoms with Crippen LogP contribution in [-0.2, 0) is 14.9 Å². The Kier molecular flexibility index (Phi) is 7.27. The first kappa shape index (κ1) is 22.0. The molecule has 30 heavy (non-hydrogen) atoms. The Balaban J connectivity index is 1.41. The third kappa shape index (κ3) is 5.92. The maximum atomic E-state index is 12.6. The van der Waals surface area contributed by atoms with Crippen LogP contribution in [0.5, 0.6) is 0 Å². The Morgan fingerprint density at radius 2 is 1.77 bits per heavy atom. The molecule has 1 heterocycles. The quantitative estimate of drug-likeness (QED) is 0.733. The highest BCUT2D eigenvalue weighted by molar-refractivity contribution is 5.94. The van der Waals surface area contributed by atoms with Gasteiger partial charge in [0.25, 0.3) is 5.91 Å². The first-order valence-corrected chi connectivity index (χ1v) is 10.7. The lowest BCUT2D eigenvalue weighted by Gasteiger charge is -2.33. The molecule has 2 aromatic rings. The van der Waals surface area contributed by atoms with Crippen LogP contribution < -0.4 is 5.32 Å². The van der Waals surface area contributed by atoms with Gasteiger partial charge in [0, 0.05) is 25.1 Å². The van der Waals surface area contributed by atoms with Gasteiger partial charge in [0.15, 0.2) is 0 Å². The van der Waals surface area contributed by atoms with Gasteiger partial charge in [-0.1, -0.05) is 63.2 Å². The predicted octanol–water partition coefficient (Wildman–Crippen LogP) is 4.09. The third-order valence-corrected chi connectivity index (χ3v) is 5.46. The number of nitrogens with one attached hydrogen (secondary N) is 1. The van der Waals surface area contributed by atoms with Gasteiger partial charge < -0.3 is 15.0 Å². The highest BCUT2D eigenvalue weighted by Gasteiger charge is 2.25.